The lowest BCUT2D eigenvalue weighted by Crippen LogP contribution is -2.18. The maximum absolute atomic E-state index is 2.48. The zero-order valence-corrected chi connectivity index (χ0v) is 7.35. The molecule has 0 spiro atoms. The highest BCUT2D eigenvalue weighted by molar-refractivity contribution is 4.99. The standard InChI is InChI=1S/C10H18/c1-7-4-10(3)5-8(2)9(7)6-10/h7-9H,4-6H2,1-3H3. The Morgan fingerprint density at radius 1 is 1.00 bits per heavy atom. The average Bonchev–Trinajstić information content (AvgIpc) is 2.17. The van der Waals surface area contributed by atoms with Crippen LogP contribution in [0.25, 0.3) is 0 Å². The Bertz CT molecular complexity index is 136. The van der Waals surface area contributed by atoms with Gasteiger partial charge in [-0.05, 0) is 42.4 Å². The van der Waals surface area contributed by atoms with Crippen LogP contribution in [0.3, 0.4) is 0 Å². The molecule has 2 bridgehead atoms. The summed E-state index contributed by atoms with van der Waals surface area (Å²) in [7, 11) is 0. The Kier molecular flexibility index (Phi) is 1.19. The van der Waals surface area contributed by atoms with Crippen LogP contribution in [0, 0.1) is 23.2 Å². The number of hydrogen-bond acceptors (Lipinski definition) is 0. The fraction of sp³-hybridized carbons (Fsp3) is 1.00. The molecule has 2 aliphatic carbocycles. The van der Waals surface area contributed by atoms with Crippen LogP contribution in [0.1, 0.15) is 40.0 Å². The van der Waals surface area contributed by atoms with Gasteiger partial charge >= 0.3 is 0 Å². The molecule has 0 aromatic rings. The van der Waals surface area contributed by atoms with E-state index in [2.05, 4.69) is 20.8 Å². The maximum Gasteiger partial charge on any atom is -0.0318 e. The second-order valence-corrected chi connectivity index (χ2v) is 5.04. The minimum atomic E-state index is 0.753. The van der Waals surface area contributed by atoms with Crippen LogP contribution in [0.5, 0.6) is 0 Å². The van der Waals surface area contributed by atoms with E-state index in [1.54, 1.807) is 0 Å². The van der Waals surface area contributed by atoms with Crippen LogP contribution >= 0.6 is 0 Å². The predicted octanol–water partition coefficient (Wildman–Crippen LogP) is 3.08. The predicted molar refractivity (Wildman–Crippen MR) is 43.8 cm³/mol. The van der Waals surface area contributed by atoms with Gasteiger partial charge in [0.05, 0.1) is 0 Å². The van der Waals surface area contributed by atoms with Crippen LogP contribution in [-0.2, 0) is 0 Å². The largest absolute Gasteiger partial charge is 0.0622 e. The van der Waals surface area contributed by atoms with E-state index < -0.39 is 0 Å². The highest BCUT2D eigenvalue weighted by Gasteiger charge is 2.49. The first-order valence-corrected chi connectivity index (χ1v) is 4.61. The minimum absolute atomic E-state index is 0.753. The zero-order chi connectivity index (χ0) is 7.35. The van der Waals surface area contributed by atoms with Crippen molar-refractivity contribution in [3.05, 3.63) is 0 Å². The highest BCUT2D eigenvalue weighted by atomic mass is 14.5. The van der Waals surface area contributed by atoms with E-state index in [9.17, 15) is 0 Å². The lowest BCUT2D eigenvalue weighted by molar-refractivity contribution is 0.222. The van der Waals surface area contributed by atoms with Crippen LogP contribution in [-0.4, -0.2) is 0 Å². The molecule has 58 valence electrons. The maximum atomic E-state index is 2.48. The van der Waals surface area contributed by atoms with E-state index in [-0.39, 0.29) is 0 Å². The highest BCUT2D eigenvalue weighted by Crippen LogP contribution is 2.59. The Balaban J connectivity index is 2.21. The first-order valence-electron chi connectivity index (χ1n) is 4.61. The summed E-state index contributed by atoms with van der Waals surface area (Å²) in [6, 6.07) is 0. The van der Waals surface area contributed by atoms with Crippen molar-refractivity contribution in [3.8, 4) is 0 Å². The average molecular weight is 138 g/mol. The van der Waals surface area contributed by atoms with Gasteiger partial charge in [0.1, 0.15) is 0 Å². The summed E-state index contributed by atoms with van der Waals surface area (Å²) in [5.74, 6) is 3.12. The summed E-state index contributed by atoms with van der Waals surface area (Å²) >= 11 is 0. The molecule has 0 amide bonds. The fourth-order valence-electron chi connectivity index (χ4n) is 3.64. The summed E-state index contributed by atoms with van der Waals surface area (Å²) in [6.45, 7) is 7.35. The monoisotopic (exact) mass is 138 g/mol. The van der Waals surface area contributed by atoms with Crippen LogP contribution in [0.15, 0.2) is 0 Å². The Labute approximate surface area is 64.0 Å². The normalized spacial score (nSPS) is 59.7. The first kappa shape index (κ1) is 6.69. The summed E-state index contributed by atoms with van der Waals surface area (Å²) in [4.78, 5) is 0. The Morgan fingerprint density at radius 2 is 1.50 bits per heavy atom. The van der Waals surface area contributed by atoms with E-state index in [4.69, 9.17) is 0 Å². The van der Waals surface area contributed by atoms with Crippen molar-refractivity contribution in [1.29, 1.82) is 0 Å². The van der Waals surface area contributed by atoms with Gasteiger partial charge in [0.25, 0.3) is 0 Å². The van der Waals surface area contributed by atoms with E-state index in [1.165, 1.54) is 19.3 Å². The lowest BCUT2D eigenvalue weighted by Gasteiger charge is -2.28. The molecule has 0 heteroatoms. The first-order chi connectivity index (χ1) is 4.61. The van der Waals surface area contributed by atoms with Gasteiger partial charge in [0, 0.05) is 0 Å². The second kappa shape index (κ2) is 1.78. The third kappa shape index (κ3) is 0.741. The van der Waals surface area contributed by atoms with Gasteiger partial charge in [-0.15, -0.1) is 0 Å². The molecule has 2 unspecified atom stereocenters. The molecule has 0 radical (unpaired) electrons. The van der Waals surface area contributed by atoms with Crippen LogP contribution in [0.4, 0.5) is 0 Å². The topological polar surface area (TPSA) is 0 Å². The van der Waals surface area contributed by atoms with Crippen LogP contribution < -0.4 is 0 Å². The smallest absolute Gasteiger partial charge is 0.0318 e. The molecule has 0 aromatic heterocycles. The molecular formula is C10H18. The van der Waals surface area contributed by atoms with Crippen LogP contribution in [0.2, 0.25) is 0 Å². The Morgan fingerprint density at radius 3 is 1.70 bits per heavy atom. The second-order valence-electron chi connectivity index (χ2n) is 5.04. The SMILES string of the molecule is CC1CC2(C)CC(C)C1C2. The van der Waals surface area contributed by atoms with Crippen molar-refractivity contribution in [1.82, 2.24) is 0 Å². The van der Waals surface area contributed by atoms with E-state index >= 15 is 0 Å². The molecule has 2 atom stereocenters. The van der Waals surface area contributed by atoms with E-state index in [0.717, 1.165) is 23.2 Å². The molecule has 0 aliphatic heterocycles. The van der Waals surface area contributed by atoms with Crippen molar-refractivity contribution in [2.75, 3.05) is 0 Å². The van der Waals surface area contributed by atoms with Gasteiger partial charge in [-0.25, -0.2) is 0 Å². The molecule has 10 heavy (non-hydrogen) atoms. The zero-order valence-electron chi connectivity index (χ0n) is 7.35. The molecule has 0 saturated heterocycles. The molecule has 0 aromatic carbocycles. The number of rotatable bonds is 0. The van der Waals surface area contributed by atoms with Crippen molar-refractivity contribution < 1.29 is 0 Å². The van der Waals surface area contributed by atoms with E-state index in [1.807, 2.05) is 0 Å². The number of fused-ring (bicyclic) bond motifs is 2. The molecular weight excluding hydrogens is 120 g/mol. The van der Waals surface area contributed by atoms with Gasteiger partial charge in [-0.1, -0.05) is 20.8 Å². The third-order valence-electron chi connectivity index (χ3n) is 3.82. The van der Waals surface area contributed by atoms with Gasteiger partial charge in [-0.2, -0.15) is 0 Å². The lowest BCUT2D eigenvalue weighted by atomic mass is 9.77. The molecule has 2 saturated carbocycles. The van der Waals surface area contributed by atoms with Gasteiger partial charge in [-0.3, -0.25) is 0 Å². The molecule has 2 rings (SSSR count). The van der Waals surface area contributed by atoms with Gasteiger partial charge in [0.15, 0.2) is 0 Å². The molecule has 0 heterocycles. The van der Waals surface area contributed by atoms with Gasteiger partial charge < -0.3 is 0 Å². The third-order valence-corrected chi connectivity index (χ3v) is 3.82. The molecule has 0 nitrogen and oxygen atoms in total. The van der Waals surface area contributed by atoms with E-state index in [0.29, 0.717) is 0 Å². The summed E-state index contributed by atoms with van der Waals surface area (Å²) in [5.41, 5.74) is 0.753. The summed E-state index contributed by atoms with van der Waals surface area (Å²) in [6.07, 6.45) is 4.53. The minimum Gasteiger partial charge on any atom is -0.0622 e. The molecule has 0 N–H and O–H groups in total. The van der Waals surface area contributed by atoms with Crippen molar-refractivity contribution in [2.45, 2.75) is 40.0 Å². The van der Waals surface area contributed by atoms with Crippen molar-refractivity contribution in [3.63, 3.8) is 0 Å². The van der Waals surface area contributed by atoms with Gasteiger partial charge in [0.2, 0.25) is 0 Å². The van der Waals surface area contributed by atoms with Crippen molar-refractivity contribution >= 4 is 0 Å². The Hall–Kier alpha value is 0. The summed E-state index contributed by atoms with van der Waals surface area (Å²) < 4.78 is 0. The number of hydrogen-bond donors (Lipinski definition) is 0. The fourth-order valence-corrected chi connectivity index (χ4v) is 3.64. The molecule has 2 fully saturated rings. The quantitative estimate of drug-likeness (QED) is 0.482. The summed E-state index contributed by atoms with van der Waals surface area (Å²) in [5, 5.41) is 0. The molecule has 2 aliphatic rings. The van der Waals surface area contributed by atoms with Crippen molar-refractivity contribution in [2.24, 2.45) is 23.2 Å².